The third kappa shape index (κ3) is 6.34. The van der Waals surface area contributed by atoms with E-state index in [0.717, 1.165) is 0 Å². The van der Waals surface area contributed by atoms with E-state index in [1.807, 2.05) is 0 Å². The van der Waals surface area contributed by atoms with Crippen molar-refractivity contribution in [3.63, 3.8) is 0 Å². The van der Waals surface area contributed by atoms with E-state index in [1.54, 1.807) is 0 Å². The van der Waals surface area contributed by atoms with Crippen LogP contribution in [0.5, 0.6) is 0 Å². The van der Waals surface area contributed by atoms with Crippen molar-refractivity contribution in [3.05, 3.63) is 0 Å². The minimum atomic E-state index is -2.10. The van der Waals surface area contributed by atoms with Crippen molar-refractivity contribution in [1.82, 2.24) is 0 Å². The highest BCUT2D eigenvalue weighted by Gasteiger charge is 2.57. The van der Waals surface area contributed by atoms with E-state index < -0.39 is 31.1 Å². The minimum absolute atomic E-state index is 0.0290. The van der Waals surface area contributed by atoms with Crippen LogP contribution in [0.25, 0.3) is 0 Å². The molecule has 0 aromatic carbocycles. The quantitative estimate of drug-likeness (QED) is 0.401. The molecule has 1 aliphatic carbocycles. The Hall–Kier alpha value is 0.491. The molecule has 1 N–H and O–H groups in total. The van der Waals surface area contributed by atoms with E-state index >= 15 is 0 Å². The number of rotatable bonds is 6. The molecule has 0 aliphatic heterocycles. The first kappa shape index (κ1) is 29.5. The van der Waals surface area contributed by atoms with Crippen LogP contribution in [0.4, 0.5) is 0 Å². The summed E-state index contributed by atoms with van der Waals surface area (Å²) in [5.74, 6) is -0.0290. The fraction of sp³-hybridized carbons (Fsp3) is 1.00. The van der Waals surface area contributed by atoms with Gasteiger partial charge in [0.1, 0.15) is 0 Å². The molecule has 1 fully saturated rings. The maximum absolute atomic E-state index is 11.4. The van der Waals surface area contributed by atoms with E-state index in [1.165, 1.54) is 0 Å². The van der Waals surface area contributed by atoms with Crippen LogP contribution in [-0.4, -0.2) is 54.5 Å². The molecule has 0 saturated heterocycles. The molecular weight excluding hydrogens is 437 g/mol. The molecule has 0 spiro atoms. The highest BCUT2D eigenvalue weighted by Crippen LogP contribution is 2.47. The van der Waals surface area contributed by atoms with Crippen molar-refractivity contribution in [2.24, 2.45) is 5.92 Å². The summed E-state index contributed by atoms with van der Waals surface area (Å²) in [7, 11) is -6.24. The number of aliphatic hydroxyl groups is 1. The Morgan fingerprint density at radius 1 is 0.516 bits per heavy atom. The Bertz CT molecular complexity index is 572. The van der Waals surface area contributed by atoms with E-state index in [0.29, 0.717) is 0 Å². The van der Waals surface area contributed by atoms with Crippen molar-refractivity contribution >= 4 is 25.0 Å². The highest BCUT2D eigenvalue weighted by atomic mass is 28.4. The van der Waals surface area contributed by atoms with Crippen molar-refractivity contribution in [2.45, 2.75) is 148 Å². The Morgan fingerprint density at radius 2 is 0.774 bits per heavy atom. The van der Waals surface area contributed by atoms with Gasteiger partial charge in [0.05, 0.1) is 24.4 Å². The first-order valence-electron chi connectivity index (χ1n) is 12.1. The summed E-state index contributed by atoms with van der Waals surface area (Å²) in [6, 6.07) is 0. The van der Waals surface area contributed by atoms with Gasteiger partial charge >= 0.3 is 0 Å². The third-order valence-electron chi connectivity index (χ3n) is 8.75. The SMILES string of the molecule is C[C@H]1[C@H](O)[C@@H](O[Si](C)(C)C(C)(C)C)[C@@H](O[Si](C)(C)C(C)(C)C)[C@@H]1O[Si](C)(C)C(C)(C)C. The van der Waals surface area contributed by atoms with Gasteiger partial charge in [0, 0.05) is 5.92 Å². The average Bonchev–Trinajstić information content (AvgIpc) is 2.69. The van der Waals surface area contributed by atoms with Crippen molar-refractivity contribution < 1.29 is 18.4 Å². The lowest BCUT2D eigenvalue weighted by Gasteiger charge is -2.46. The molecule has 0 radical (unpaired) electrons. The van der Waals surface area contributed by atoms with Crippen LogP contribution in [0, 0.1) is 5.92 Å². The summed E-state index contributed by atoms with van der Waals surface area (Å²) < 4.78 is 20.8. The Balaban J connectivity index is 3.45. The van der Waals surface area contributed by atoms with Gasteiger partial charge in [-0.2, -0.15) is 0 Å². The monoisotopic (exact) mass is 490 g/mol. The van der Waals surface area contributed by atoms with Crippen LogP contribution >= 0.6 is 0 Å². The number of aliphatic hydroxyl groups excluding tert-OH is 1. The van der Waals surface area contributed by atoms with Gasteiger partial charge in [0.25, 0.3) is 0 Å². The predicted molar refractivity (Wildman–Crippen MR) is 141 cm³/mol. The van der Waals surface area contributed by atoms with Crippen LogP contribution in [-0.2, 0) is 13.3 Å². The molecule has 186 valence electrons. The summed E-state index contributed by atoms with van der Waals surface area (Å²) in [5.41, 5.74) is 0. The molecule has 0 aromatic rings. The van der Waals surface area contributed by atoms with Crippen molar-refractivity contribution in [1.29, 1.82) is 0 Å². The Kier molecular flexibility index (Phi) is 8.51. The van der Waals surface area contributed by atoms with Crippen molar-refractivity contribution in [3.8, 4) is 0 Å². The standard InChI is InChI=1S/C24H54O4Si3/c1-17-18(25)20(27-30(13,14)23(5,6)7)21(28-31(15,16)24(8,9)10)19(17)26-29(11,12)22(2,3)4/h17-21,25H,1-16H3/t17-,18-,19+,20+,21-/m0/s1. The second kappa shape index (κ2) is 8.93. The fourth-order valence-electron chi connectivity index (χ4n) is 3.17. The molecule has 0 aromatic heterocycles. The Labute approximate surface area is 197 Å². The maximum atomic E-state index is 11.4. The first-order valence-corrected chi connectivity index (χ1v) is 20.8. The minimum Gasteiger partial charge on any atom is -0.411 e. The van der Waals surface area contributed by atoms with E-state index in [9.17, 15) is 5.11 Å². The molecule has 7 heteroatoms. The second-order valence-electron chi connectivity index (χ2n) is 14.4. The van der Waals surface area contributed by atoms with E-state index in [4.69, 9.17) is 13.3 Å². The van der Waals surface area contributed by atoms with Gasteiger partial charge in [0.2, 0.25) is 0 Å². The first-order chi connectivity index (χ1) is 13.4. The number of hydrogen-bond acceptors (Lipinski definition) is 4. The highest BCUT2D eigenvalue weighted by molar-refractivity contribution is 6.75. The van der Waals surface area contributed by atoms with Crippen LogP contribution in [0.3, 0.4) is 0 Å². The molecule has 5 atom stereocenters. The molecule has 1 rings (SSSR count). The lowest BCUT2D eigenvalue weighted by atomic mass is 10.1. The average molecular weight is 491 g/mol. The summed E-state index contributed by atoms with van der Waals surface area (Å²) in [5, 5.41) is 11.6. The third-order valence-corrected chi connectivity index (χ3v) is 22.2. The summed E-state index contributed by atoms with van der Waals surface area (Å²) in [6.07, 6.45) is -1.33. The topological polar surface area (TPSA) is 47.9 Å². The van der Waals surface area contributed by atoms with E-state index in [-0.39, 0.29) is 39.3 Å². The zero-order valence-corrected chi connectivity index (χ0v) is 26.6. The molecule has 0 heterocycles. The van der Waals surface area contributed by atoms with Crippen LogP contribution in [0.2, 0.25) is 54.4 Å². The normalized spacial score (nSPS) is 29.5. The molecule has 0 unspecified atom stereocenters. The Morgan fingerprint density at radius 3 is 1.06 bits per heavy atom. The van der Waals surface area contributed by atoms with E-state index in [2.05, 4.69) is 109 Å². The fourth-order valence-corrected chi connectivity index (χ4v) is 7.16. The lowest BCUT2D eigenvalue weighted by molar-refractivity contribution is -0.0250. The molecule has 0 amide bonds. The lowest BCUT2D eigenvalue weighted by Crippen LogP contribution is -2.56. The molecule has 31 heavy (non-hydrogen) atoms. The van der Waals surface area contributed by atoms with Gasteiger partial charge in [0.15, 0.2) is 25.0 Å². The van der Waals surface area contributed by atoms with Gasteiger partial charge in [-0.05, 0) is 54.4 Å². The zero-order chi connectivity index (χ0) is 25.0. The smallest absolute Gasteiger partial charge is 0.192 e. The molecule has 1 saturated carbocycles. The van der Waals surface area contributed by atoms with Crippen LogP contribution in [0.15, 0.2) is 0 Å². The van der Waals surface area contributed by atoms with Gasteiger partial charge in [-0.3, -0.25) is 0 Å². The zero-order valence-electron chi connectivity index (χ0n) is 23.6. The molecule has 0 bridgehead atoms. The molecule has 1 aliphatic rings. The van der Waals surface area contributed by atoms with Crippen LogP contribution in [0.1, 0.15) is 69.2 Å². The molecular formula is C24H54O4Si3. The molecule has 4 nitrogen and oxygen atoms in total. The van der Waals surface area contributed by atoms with Crippen LogP contribution < -0.4 is 0 Å². The van der Waals surface area contributed by atoms with Gasteiger partial charge < -0.3 is 18.4 Å². The van der Waals surface area contributed by atoms with Gasteiger partial charge in [-0.25, -0.2) is 0 Å². The maximum Gasteiger partial charge on any atom is 0.192 e. The van der Waals surface area contributed by atoms with Crippen molar-refractivity contribution in [2.75, 3.05) is 0 Å². The number of hydrogen-bond donors (Lipinski definition) is 1. The largest absolute Gasteiger partial charge is 0.411 e. The second-order valence-corrected chi connectivity index (χ2v) is 28.6. The summed E-state index contributed by atoms with van der Waals surface area (Å²) in [4.78, 5) is 0. The summed E-state index contributed by atoms with van der Waals surface area (Å²) in [6.45, 7) is 36.1. The summed E-state index contributed by atoms with van der Waals surface area (Å²) >= 11 is 0. The predicted octanol–water partition coefficient (Wildman–Crippen LogP) is 7.17. The van der Waals surface area contributed by atoms with Gasteiger partial charge in [-0.15, -0.1) is 0 Å². The van der Waals surface area contributed by atoms with Gasteiger partial charge in [-0.1, -0.05) is 69.2 Å².